The molecule has 0 bridgehead atoms. The number of hydrogen-bond donors (Lipinski definition) is 2. The molecule has 6 heteroatoms. The number of hydrogen-bond acceptors (Lipinski definition) is 3. The topological polar surface area (TPSA) is 59.6 Å². The standard InChI is InChI=1S/C18H24FN3O2/c1-5-22(11-16(23)21-18(2,3)4)12-17-20-10-15(24-17)13-6-8-14(19)9-7-13/h6-10H,5,11-12H2,1-4H3,(H,21,23)/p+1. The number of aromatic nitrogens is 1. The van der Waals surface area contributed by atoms with Gasteiger partial charge in [0.1, 0.15) is 5.82 Å². The van der Waals surface area contributed by atoms with Gasteiger partial charge in [-0.15, -0.1) is 0 Å². The molecule has 2 N–H and O–H groups in total. The van der Waals surface area contributed by atoms with Crippen LogP contribution in [0.3, 0.4) is 0 Å². The van der Waals surface area contributed by atoms with Crippen molar-refractivity contribution < 1.29 is 18.5 Å². The van der Waals surface area contributed by atoms with E-state index in [4.69, 9.17) is 4.42 Å². The van der Waals surface area contributed by atoms with Gasteiger partial charge in [-0.3, -0.25) is 4.79 Å². The summed E-state index contributed by atoms with van der Waals surface area (Å²) in [5.74, 6) is 0.879. The number of benzene rings is 1. The van der Waals surface area contributed by atoms with E-state index in [1.54, 1.807) is 18.3 Å². The van der Waals surface area contributed by atoms with Crippen LogP contribution < -0.4 is 10.2 Å². The molecule has 2 aromatic rings. The van der Waals surface area contributed by atoms with Crippen LogP contribution in [-0.4, -0.2) is 29.5 Å². The number of nitrogens with zero attached hydrogens (tertiary/aromatic N) is 1. The lowest BCUT2D eigenvalue weighted by Crippen LogP contribution is -3.11. The van der Waals surface area contributed by atoms with Crippen molar-refractivity contribution in [1.29, 1.82) is 0 Å². The van der Waals surface area contributed by atoms with Gasteiger partial charge in [-0.05, 0) is 52.0 Å². The summed E-state index contributed by atoms with van der Waals surface area (Å²) in [4.78, 5) is 17.4. The molecule has 24 heavy (non-hydrogen) atoms. The van der Waals surface area contributed by atoms with Gasteiger partial charge < -0.3 is 14.6 Å². The second kappa shape index (κ2) is 7.57. The lowest BCUT2D eigenvalue weighted by molar-refractivity contribution is -0.905. The second-order valence-corrected chi connectivity index (χ2v) is 6.88. The Balaban J connectivity index is 1.99. The van der Waals surface area contributed by atoms with Crippen molar-refractivity contribution in [3.8, 4) is 11.3 Å². The van der Waals surface area contributed by atoms with Gasteiger partial charge in [0.05, 0.1) is 12.7 Å². The zero-order valence-corrected chi connectivity index (χ0v) is 14.6. The zero-order valence-electron chi connectivity index (χ0n) is 14.6. The number of halogens is 1. The predicted molar refractivity (Wildman–Crippen MR) is 89.9 cm³/mol. The van der Waals surface area contributed by atoms with Crippen LogP contribution in [0.1, 0.15) is 33.6 Å². The maximum absolute atomic E-state index is 13.0. The van der Waals surface area contributed by atoms with E-state index < -0.39 is 0 Å². The molecule has 0 saturated carbocycles. The van der Waals surface area contributed by atoms with Crippen molar-refractivity contribution in [1.82, 2.24) is 10.3 Å². The highest BCUT2D eigenvalue weighted by Crippen LogP contribution is 2.20. The van der Waals surface area contributed by atoms with E-state index in [1.165, 1.54) is 12.1 Å². The molecular weight excluding hydrogens is 309 g/mol. The molecule has 0 saturated heterocycles. The molecule has 1 unspecified atom stereocenters. The zero-order chi connectivity index (χ0) is 17.7. The third-order valence-corrected chi connectivity index (χ3v) is 3.51. The summed E-state index contributed by atoms with van der Waals surface area (Å²) >= 11 is 0. The Hall–Kier alpha value is -2.21. The monoisotopic (exact) mass is 334 g/mol. The first-order valence-corrected chi connectivity index (χ1v) is 8.12. The molecule has 2 rings (SSSR count). The molecule has 1 heterocycles. The van der Waals surface area contributed by atoms with Crippen LogP contribution in [0.25, 0.3) is 11.3 Å². The first-order valence-electron chi connectivity index (χ1n) is 8.12. The van der Waals surface area contributed by atoms with E-state index in [-0.39, 0.29) is 17.3 Å². The highest BCUT2D eigenvalue weighted by Gasteiger charge is 2.20. The molecular formula is C18H25FN3O2+. The summed E-state index contributed by atoms with van der Waals surface area (Å²) < 4.78 is 18.7. The summed E-state index contributed by atoms with van der Waals surface area (Å²) in [6.45, 7) is 9.56. The highest BCUT2D eigenvalue weighted by molar-refractivity contribution is 5.77. The summed E-state index contributed by atoms with van der Waals surface area (Å²) in [6.07, 6.45) is 1.63. The van der Waals surface area contributed by atoms with Crippen molar-refractivity contribution >= 4 is 5.91 Å². The van der Waals surface area contributed by atoms with Gasteiger partial charge in [0.15, 0.2) is 18.8 Å². The predicted octanol–water partition coefficient (Wildman–Crippen LogP) is 1.80. The van der Waals surface area contributed by atoms with Crippen LogP contribution in [0.2, 0.25) is 0 Å². The van der Waals surface area contributed by atoms with Gasteiger partial charge in [-0.2, -0.15) is 0 Å². The molecule has 0 radical (unpaired) electrons. The van der Waals surface area contributed by atoms with E-state index in [0.29, 0.717) is 24.7 Å². The van der Waals surface area contributed by atoms with Crippen molar-refractivity contribution in [3.05, 3.63) is 42.2 Å². The van der Waals surface area contributed by atoms with Gasteiger partial charge in [-0.25, -0.2) is 9.37 Å². The van der Waals surface area contributed by atoms with Crippen molar-refractivity contribution in [2.45, 2.75) is 39.8 Å². The molecule has 1 aromatic heterocycles. The minimum absolute atomic E-state index is 0.00432. The molecule has 0 aliphatic carbocycles. The first-order chi connectivity index (χ1) is 11.3. The van der Waals surface area contributed by atoms with Gasteiger partial charge in [0.2, 0.25) is 0 Å². The van der Waals surface area contributed by atoms with Crippen LogP contribution in [0.4, 0.5) is 4.39 Å². The van der Waals surface area contributed by atoms with Crippen molar-refractivity contribution in [2.24, 2.45) is 0 Å². The number of rotatable bonds is 6. The van der Waals surface area contributed by atoms with E-state index in [9.17, 15) is 9.18 Å². The van der Waals surface area contributed by atoms with Gasteiger partial charge >= 0.3 is 0 Å². The lowest BCUT2D eigenvalue weighted by atomic mass is 10.1. The number of amides is 1. The molecule has 0 fully saturated rings. The molecule has 1 amide bonds. The van der Waals surface area contributed by atoms with Gasteiger partial charge in [0, 0.05) is 11.1 Å². The molecule has 0 spiro atoms. The number of likely N-dealkylation sites (N-methyl/N-ethyl adjacent to an activating group) is 1. The fourth-order valence-corrected chi connectivity index (χ4v) is 2.36. The average Bonchev–Trinajstić information content (AvgIpc) is 2.94. The summed E-state index contributed by atoms with van der Waals surface area (Å²) in [5, 5.41) is 2.96. The average molecular weight is 334 g/mol. The van der Waals surface area contributed by atoms with E-state index in [0.717, 1.165) is 17.0 Å². The third-order valence-electron chi connectivity index (χ3n) is 3.51. The number of oxazole rings is 1. The Kier molecular flexibility index (Phi) is 5.72. The molecule has 130 valence electrons. The number of quaternary nitrogens is 1. The maximum atomic E-state index is 13.0. The number of carbonyl (C=O) groups excluding carboxylic acids is 1. The van der Waals surface area contributed by atoms with Gasteiger partial charge in [0.25, 0.3) is 11.8 Å². The smallest absolute Gasteiger partial charge is 0.275 e. The van der Waals surface area contributed by atoms with Crippen LogP contribution >= 0.6 is 0 Å². The Labute approximate surface area is 141 Å². The van der Waals surface area contributed by atoms with Crippen molar-refractivity contribution in [2.75, 3.05) is 13.1 Å². The molecule has 0 aliphatic heterocycles. The minimum atomic E-state index is -0.287. The van der Waals surface area contributed by atoms with E-state index in [2.05, 4.69) is 10.3 Å². The summed E-state index contributed by atoms with van der Waals surface area (Å²) in [6, 6.07) is 6.08. The molecule has 1 atom stereocenters. The Morgan fingerprint density at radius 2 is 1.96 bits per heavy atom. The minimum Gasteiger partial charge on any atom is -0.435 e. The van der Waals surface area contributed by atoms with Crippen LogP contribution in [0.5, 0.6) is 0 Å². The number of nitrogens with one attached hydrogen (secondary N) is 2. The Morgan fingerprint density at radius 1 is 1.29 bits per heavy atom. The van der Waals surface area contributed by atoms with Crippen LogP contribution in [0.15, 0.2) is 34.9 Å². The summed E-state index contributed by atoms with van der Waals surface area (Å²) in [5.41, 5.74) is 0.535. The Morgan fingerprint density at radius 3 is 2.54 bits per heavy atom. The molecule has 5 nitrogen and oxygen atoms in total. The fraction of sp³-hybridized carbons (Fsp3) is 0.444. The summed E-state index contributed by atoms with van der Waals surface area (Å²) in [7, 11) is 0. The molecule has 1 aromatic carbocycles. The molecule has 0 aliphatic rings. The van der Waals surface area contributed by atoms with E-state index in [1.807, 2.05) is 27.7 Å². The number of carbonyl (C=O) groups is 1. The highest BCUT2D eigenvalue weighted by atomic mass is 19.1. The van der Waals surface area contributed by atoms with Gasteiger partial charge in [-0.1, -0.05) is 0 Å². The third kappa shape index (κ3) is 5.45. The lowest BCUT2D eigenvalue weighted by Gasteiger charge is -2.22. The Bertz CT molecular complexity index is 674. The largest absolute Gasteiger partial charge is 0.435 e. The van der Waals surface area contributed by atoms with Crippen LogP contribution in [0, 0.1) is 5.82 Å². The second-order valence-electron chi connectivity index (χ2n) is 6.88. The first kappa shape index (κ1) is 18.1. The fourth-order valence-electron chi connectivity index (χ4n) is 2.36. The van der Waals surface area contributed by atoms with Crippen LogP contribution in [-0.2, 0) is 11.3 Å². The SMILES string of the molecule is CC[NH+](CC(=O)NC(C)(C)C)Cc1ncc(-c2ccc(F)cc2)o1. The normalized spacial score (nSPS) is 12.9. The van der Waals surface area contributed by atoms with Crippen molar-refractivity contribution in [3.63, 3.8) is 0 Å². The van der Waals surface area contributed by atoms with E-state index >= 15 is 0 Å². The quantitative estimate of drug-likeness (QED) is 0.847. The maximum Gasteiger partial charge on any atom is 0.275 e.